The number of rotatable bonds is 13. The fraction of sp³-hybridized carbons (Fsp3) is 0.739. The van der Waals surface area contributed by atoms with Gasteiger partial charge >= 0.3 is 0 Å². The number of nitrogens with zero attached hydrogens (tertiary/aromatic N) is 5. The van der Waals surface area contributed by atoms with Gasteiger partial charge in [0, 0.05) is 26.2 Å². The number of halogens is 1. The monoisotopic (exact) mass is 569 g/mol. The molecule has 2 aromatic rings. The molecule has 1 fully saturated rings. The Morgan fingerprint density at radius 2 is 1.94 bits per heavy atom. The highest BCUT2D eigenvalue weighted by Gasteiger charge is 2.39. The van der Waals surface area contributed by atoms with E-state index in [0.29, 0.717) is 47.5 Å². The van der Waals surface area contributed by atoms with Crippen LogP contribution in [0, 0.1) is 23.2 Å². The maximum Gasteiger partial charge on any atom is 0.226 e. The molecule has 2 aromatic heterocycles. The third-order valence-electron chi connectivity index (χ3n) is 5.48. The van der Waals surface area contributed by atoms with E-state index in [4.69, 9.17) is 34.1 Å². The smallest absolute Gasteiger partial charge is 0.226 e. The summed E-state index contributed by atoms with van der Waals surface area (Å²) >= 11 is 3.63. The summed E-state index contributed by atoms with van der Waals surface area (Å²) in [5.41, 5.74) is 0.703. The molecule has 35 heavy (non-hydrogen) atoms. The molecular formula is C23H37BrN7O3P. The van der Waals surface area contributed by atoms with Gasteiger partial charge in [-0.1, -0.05) is 34.6 Å². The van der Waals surface area contributed by atoms with E-state index in [1.807, 2.05) is 11.3 Å². The van der Waals surface area contributed by atoms with Gasteiger partial charge in [-0.05, 0) is 34.2 Å². The van der Waals surface area contributed by atoms with Gasteiger partial charge in [0.15, 0.2) is 20.3 Å². The van der Waals surface area contributed by atoms with Gasteiger partial charge in [0.05, 0.1) is 36.7 Å². The highest BCUT2D eigenvalue weighted by molar-refractivity contribution is 9.10. The molecule has 12 heteroatoms. The number of anilines is 2. The summed E-state index contributed by atoms with van der Waals surface area (Å²) < 4.78 is 20.8. The van der Waals surface area contributed by atoms with Crippen molar-refractivity contribution in [2.75, 3.05) is 37.0 Å². The van der Waals surface area contributed by atoms with Gasteiger partial charge in [0.2, 0.25) is 5.95 Å². The molecule has 0 spiro atoms. The zero-order chi connectivity index (χ0) is 25.5. The van der Waals surface area contributed by atoms with Crippen molar-refractivity contribution in [3.8, 4) is 6.07 Å². The zero-order valence-corrected chi connectivity index (χ0v) is 23.9. The fourth-order valence-corrected chi connectivity index (χ4v) is 5.31. The fourth-order valence-electron chi connectivity index (χ4n) is 3.76. The summed E-state index contributed by atoms with van der Waals surface area (Å²) in [4.78, 5) is 9.57. The molecule has 1 aliphatic rings. The Hall–Kier alpha value is -1.57. The molecule has 0 amide bonds. The lowest BCUT2D eigenvalue weighted by Gasteiger charge is -2.20. The van der Waals surface area contributed by atoms with Crippen LogP contribution >= 0.6 is 24.3 Å². The van der Waals surface area contributed by atoms with Crippen LogP contribution in [0.15, 0.2) is 4.60 Å². The third-order valence-corrected chi connectivity index (χ3v) is 7.15. The molecule has 3 rings (SSSR count). The first-order valence-corrected chi connectivity index (χ1v) is 14.6. The van der Waals surface area contributed by atoms with Crippen molar-refractivity contribution in [1.29, 1.82) is 5.26 Å². The Balaban J connectivity index is 1.89. The summed E-state index contributed by atoms with van der Waals surface area (Å²) in [6, 6.07) is 2.09. The van der Waals surface area contributed by atoms with Gasteiger partial charge in [0.25, 0.3) is 0 Å². The maximum atomic E-state index is 8.74. The molecule has 0 bridgehead atoms. The molecule has 4 atom stereocenters. The lowest BCUT2D eigenvalue weighted by molar-refractivity contribution is -0.0198. The molecule has 1 saturated heterocycles. The lowest BCUT2D eigenvalue weighted by Crippen LogP contribution is -2.22. The van der Waals surface area contributed by atoms with E-state index in [2.05, 4.69) is 67.3 Å². The van der Waals surface area contributed by atoms with Crippen molar-refractivity contribution in [3.05, 3.63) is 4.60 Å². The number of nitrogens with one attached hydrogen (secondary N) is 2. The van der Waals surface area contributed by atoms with E-state index in [9.17, 15) is 0 Å². The molecule has 10 nitrogen and oxygen atoms in total. The van der Waals surface area contributed by atoms with Gasteiger partial charge in [-0.25, -0.2) is 4.68 Å². The number of hydrogen-bond acceptors (Lipinski definition) is 9. The Bertz CT molecular complexity index is 1010. The van der Waals surface area contributed by atoms with E-state index in [1.165, 1.54) is 0 Å². The average molecular weight is 570 g/mol. The van der Waals surface area contributed by atoms with Gasteiger partial charge in [-0.15, -0.1) is 0 Å². The quantitative estimate of drug-likeness (QED) is 0.232. The standard InChI is InChI=1S/C23H37BrN7O3P/c1-7-16-17(34-35(6)32-10-8-9-25)11-18(33-16)31-22-19(20(24)30-31)21(26-12-14(2)3)28-23(29-22)27-13-15(4)5/h14-18H,7-8,10-13H2,1-6H3,(H2,26,27,28,29)/t16-,17-,18-,35?/m1/s1. The first-order chi connectivity index (χ1) is 16.7. The summed E-state index contributed by atoms with van der Waals surface area (Å²) in [5, 5.41) is 21.1. The van der Waals surface area contributed by atoms with Crippen molar-refractivity contribution in [2.45, 2.75) is 72.3 Å². The van der Waals surface area contributed by atoms with Crippen molar-refractivity contribution < 1.29 is 13.8 Å². The number of hydrogen-bond donors (Lipinski definition) is 2. The van der Waals surface area contributed by atoms with Crippen LogP contribution in [-0.4, -0.2) is 58.3 Å². The Labute approximate surface area is 217 Å². The van der Waals surface area contributed by atoms with Crippen LogP contribution < -0.4 is 10.6 Å². The summed E-state index contributed by atoms with van der Waals surface area (Å²) in [6.07, 6.45) is 1.25. The Morgan fingerprint density at radius 1 is 1.23 bits per heavy atom. The predicted octanol–water partition coefficient (Wildman–Crippen LogP) is 5.68. The van der Waals surface area contributed by atoms with Crippen LogP contribution in [-0.2, 0) is 13.8 Å². The van der Waals surface area contributed by atoms with E-state index < -0.39 is 8.38 Å². The van der Waals surface area contributed by atoms with Crippen LogP contribution in [0.25, 0.3) is 11.0 Å². The molecule has 3 heterocycles. The van der Waals surface area contributed by atoms with E-state index in [1.54, 1.807) is 0 Å². The molecule has 1 unspecified atom stereocenters. The lowest BCUT2D eigenvalue weighted by atomic mass is 10.1. The van der Waals surface area contributed by atoms with E-state index >= 15 is 0 Å². The van der Waals surface area contributed by atoms with Crippen LogP contribution in [0.3, 0.4) is 0 Å². The van der Waals surface area contributed by atoms with Crippen molar-refractivity contribution >= 4 is 47.1 Å². The molecule has 1 aliphatic heterocycles. The molecule has 0 saturated carbocycles. The normalized spacial score (nSPS) is 21.1. The summed E-state index contributed by atoms with van der Waals surface area (Å²) in [7, 11) is -1.10. The van der Waals surface area contributed by atoms with Crippen LogP contribution in [0.1, 0.15) is 60.1 Å². The van der Waals surface area contributed by atoms with Crippen molar-refractivity contribution in [3.63, 3.8) is 0 Å². The minimum absolute atomic E-state index is 0.0820. The molecule has 0 aliphatic carbocycles. The van der Waals surface area contributed by atoms with E-state index in [0.717, 1.165) is 30.7 Å². The van der Waals surface area contributed by atoms with Gasteiger partial charge in [-0.2, -0.15) is 20.3 Å². The molecular weight excluding hydrogens is 533 g/mol. The zero-order valence-electron chi connectivity index (χ0n) is 21.4. The molecule has 0 aromatic carbocycles. The minimum atomic E-state index is -1.10. The largest absolute Gasteiger partial charge is 0.369 e. The van der Waals surface area contributed by atoms with Gasteiger partial charge in [-0.3, -0.25) is 0 Å². The van der Waals surface area contributed by atoms with Crippen LogP contribution in [0.5, 0.6) is 0 Å². The molecule has 0 radical (unpaired) electrons. The predicted molar refractivity (Wildman–Crippen MR) is 142 cm³/mol. The summed E-state index contributed by atoms with van der Waals surface area (Å²) in [6.45, 7) is 14.5. The molecule has 194 valence electrons. The first kappa shape index (κ1) is 28.0. The topological polar surface area (TPSA) is 119 Å². The average Bonchev–Trinajstić information content (AvgIpc) is 3.36. The molecule has 2 N–H and O–H groups in total. The number of aromatic nitrogens is 4. The number of nitriles is 1. The second-order valence-corrected chi connectivity index (χ2v) is 11.6. The minimum Gasteiger partial charge on any atom is -0.369 e. The Morgan fingerprint density at radius 3 is 2.60 bits per heavy atom. The number of ether oxygens (including phenoxy) is 1. The highest BCUT2D eigenvalue weighted by atomic mass is 79.9. The van der Waals surface area contributed by atoms with Crippen LogP contribution in [0.2, 0.25) is 0 Å². The van der Waals surface area contributed by atoms with Crippen molar-refractivity contribution in [2.24, 2.45) is 11.8 Å². The van der Waals surface area contributed by atoms with Crippen LogP contribution in [0.4, 0.5) is 11.8 Å². The number of fused-ring (bicyclic) bond motifs is 1. The highest BCUT2D eigenvalue weighted by Crippen LogP contribution is 2.43. The maximum absolute atomic E-state index is 8.74. The first-order valence-electron chi connectivity index (χ1n) is 12.2. The third kappa shape index (κ3) is 7.46. The van der Waals surface area contributed by atoms with Gasteiger partial charge < -0.3 is 24.4 Å². The second-order valence-electron chi connectivity index (χ2n) is 9.48. The van der Waals surface area contributed by atoms with E-state index in [-0.39, 0.29) is 18.4 Å². The second kappa shape index (κ2) is 13.1. The Kier molecular flexibility index (Phi) is 10.5. The van der Waals surface area contributed by atoms with Crippen molar-refractivity contribution in [1.82, 2.24) is 19.7 Å². The van der Waals surface area contributed by atoms with Gasteiger partial charge in [0.1, 0.15) is 10.4 Å². The SMILES string of the molecule is CC[C@H]1O[C@@H](n2nc(Br)c3c(NCC(C)C)nc(NCC(C)C)nc32)C[C@H]1OP(C)OCCC#N. The summed E-state index contributed by atoms with van der Waals surface area (Å²) in [5.74, 6) is 2.22.